The van der Waals surface area contributed by atoms with Crippen molar-refractivity contribution in [1.29, 1.82) is 0 Å². The Balaban J connectivity index is 1.35. The molecule has 6 aromatic rings. The second-order valence-corrected chi connectivity index (χ2v) is 8.70. The van der Waals surface area contributed by atoms with Crippen molar-refractivity contribution in [1.82, 2.24) is 19.9 Å². The molecule has 4 aromatic heterocycles. The summed E-state index contributed by atoms with van der Waals surface area (Å²) in [6.07, 6.45) is 4.34. The number of aromatic amines is 1. The monoisotopic (exact) mass is 499 g/mol. The van der Waals surface area contributed by atoms with Crippen molar-refractivity contribution < 1.29 is 13.5 Å². The zero-order chi connectivity index (χ0) is 24.6. The molecule has 10 heteroatoms. The van der Waals surface area contributed by atoms with E-state index in [1.54, 1.807) is 24.3 Å². The van der Waals surface area contributed by atoms with Crippen LogP contribution >= 0.6 is 11.3 Å². The third-order valence-electron chi connectivity index (χ3n) is 5.57. The number of halogens is 2. The number of ether oxygens (including phenoxy) is 1. The molecule has 2 N–H and O–H groups in total. The number of hydrogen-bond acceptors (Lipinski definition) is 7. The average molecular weight is 500 g/mol. The highest BCUT2D eigenvalue weighted by atomic mass is 32.1. The first-order valence-electron chi connectivity index (χ1n) is 10.8. The SMILES string of the molecule is O=c1c(-c2ccccc2F)c[nH]c2ccnc(Nc3ccc(Oc4ncnc5ccsc45)c(F)c3)c12. The van der Waals surface area contributed by atoms with Crippen molar-refractivity contribution >= 4 is 44.0 Å². The van der Waals surface area contributed by atoms with E-state index in [2.05, 4.69) is 25.3 Å². The molecule has 0 radical (unpaired) electrons. The fourth-order valence-electron chi connectivity index (χ4n) is 3.88. The number of H-pyrrole nitrogens is 1. The van der Waals surface area contributed by atoms with Gasteiger partial charge < -0.3 is 15.0 Å². The van der Waals surface area contributed by atoms with Gasteiger partial charge in [0, 0.05) is 35.3 Å². The van der Waals surface area contributed by atoms with Crippen LogP contribution in [0.25, 0.3) is 32.2 Å². The molecule has 0 aliphatic carbocycles. The lowest BCUT2D eigenvalue weighted by Crippen LogP contribution is -2.10. The molecule has 0 unspecified atom stereocenters. The Hall–Kier alpha value is -4.70. The fourth-order valence-corrected chi connectivity index (χ4v) is 4.65. The summed E-state index contributed by atoms with van der Waals surface area (Å²) in [5.41, 5.74) is 1.49. The van der Waals surface area contributed by atoms with Crippen LogP contribution in [-0.4, -0.2) is 19.9 Å². The summed E-state index contributed by atoms with van der Waals surface area (Å²) in [4.78, 5) is 28.9. The van der Waals surface area contributed by atoms with Crippen LogP contribution in [0.3, 0.4) is 0 Å². The van der Waals surface area contributed by atoms with Gasteiger partial charge in [-0.15, -0.1) is 11.3 Å². The number of nitrogens with one attached hydrogen (secondary N) is 2. The highest BCUT2D eigenvalue weighted by molar-refractivity contribution is 7.17. The molecule has 0 spiro atoms. The Kier molecular flexibility index (Phi) is 5.34. The summed E-state index contributed by atoms with van der Waals surface area (Å²) >= 11 is 1.40. The topological polar surface area (TPSA) is 92.8 Å². The summed E-state index contributed by atoms with van der Waals surface area (Å²) in [5, 5.41) is 5.07. The van der Waals surface area contributed by atoms with Gasteiger partial charge >= 0.3 is 0 Å². The van der Waals surface area contributed by atoms with Crippen molar-refractivity contribution in [3.63, 3.8) is 0 Å². The molecule has 0 aliphatic heterocycles. The van der Waals surface area contributed by atoms with E-state index in [0.717, 1.165) is 0 Å². The quantitative estimate of drug-likeness (QED) is 0.285. The Morgan fingerprint density at radius 2 is 1.83 bits per heavy atom. The maximum absolute atomic E-state index is 15.0. The third-order valence-corrected chi connectivity index (χ3v) is 6.46. The number of hydrogen-bond donors (Lipinski definition) is 2. The zero-order valence-electron chi connectivity index (χ0n) is 18.3. The van der Waals surface area contributed by atoms with Crippen LogP contribution in [0.2, 0.25) is 0 Å². The Bertz CT molecular complexity index is 1820. The lowest BCUT2D eigenvalue weighted by atomic mass is 10.0. The molecule has 6 rings (SSSR count). The number of pyridine rings is 2. The summed E-state index contributed by atoms with van der Waals surface area (Å²) in [5.74, 6) is -0.695. The molecule has 2 aromatic carbocycles. The minimum atomic E-state index is -0.635. The van der Waals surface area contributed by atoms with Crippen LogP contribution in [-0.2, 0) is 0 Å². The first-order chi connectivity index (χ1) is 17.6. The van der Waals surface area contributed by atoms with Crippen LogP contribution < -0.4 is 15.5 Å². The molecule has 7 nitrogen and oxygen atoms in total. The second kappa shape index (κ2) is 8.82. The molecule has 36 heavy (non-hydrogen) atoms. The van der Waals surface area contributed by atoms with Crippen LogP contribution in [0, 0.1) is 11.6 Å². The van der Waals surface area contributed by atoms with Crippen molar-refractivity contribution in [2.24, 2.45) is 0 Å². The van der Waals surface area contributed by atoms with Gasteiger partial charge in [-0.05, 0) is 35.7 Å². The number of benzene rings is 2. The summed E-state index contributed by atoms with van der Waals surface area (Å²) in [7, 11) is 0. The predicted molar refractivity (Wildman–Crippen MR) is 135 cm³/mol. The first kappa shape index (κ1) is 21.8. The van der Waals surface area contributed by atoms with Crippen LogP contribution in [0.15, 0.2) is 83.5 Å². The second-order valence-electron chi connectivity index (χ2n) is 7.78. The van der Waals surface area contributed by atoms with E-state index in [4.69, 9.17) is 4.74 Å². The Morgan fingerprint density at radius 3 is 2.69 bits per heavy atom. The van der Waals surface area contributed by atoms with Gasteiger partial charge in [-0.25, -0.2) is 23.7 Å². The van der Waals surface area contributed by atoms with Gasteiger partial charge in [-0.1, -0.05) is 18.2 Å². The van der Waals surface area contributed by atoms with E-state index in [9.17, 15) is 13.6 Å². The van der Waals surface area contributed by atoms with Crippen molar-refractivity contribution in [3.05, 3.63) is 101 Å². The van der Waals surface area contributed by atoms with E-state index in [1.807, 2.05) is 11.4 Å². The number of rotatable bonds is 5. The van der Waals surface area contributed by atoms with E-state index in [1.165, 1.54) is 54.3 Å². The smallest absolute Gasteiger partial charge is 0.240 e. The molecule has 0 atom stereocenters. The molecular weight excluding hydrogens is 484 g/mol. The lowest BCUT2D eigenvalue weighted by molar-refractivity contribution is 0.432. The highest BCUT2D eigenvalue weighted by Gasteiger charge is 2.16. The lowest BCUT2D eigenvalue weighted by Gasteiger charge is -2.12. The largest absolute Gasteiger partial charge is 0.434 e. The third kappa shape index (κ3) is 3.83. The molecule has 0 fully saturated rings. The maximum atomic E-state index is 15.0. The van der Waals surface area contributed by atoms with E-state index in [0.29, 0.717) is 21.4 Å². The Morgan fingerprint density at radius 1 is 0.944 bits per heavy atom. The fraction of sp³-hybridized carbons (Fsp3) is 0. The Labute approximate surface area is 206 Å². The van der Waals surface area contributed by atoms with Crippen molar-refractivity contribution in [2.45, 2.75) is 0 Å². The van der Waals surface area contributed by atoms with Gasteiger partial charge in [0.25, 0.3) is 0 Å². The molecule has 0 saturated heterocycles. The standard InChI is InChI=1S/C26H15F2N5O2S/c27-17-4-2-1-3-15(17)16-12-30-19-7-9-29-25(22(19)23(16)34)33-14-5-6-21(18(28)11-14)35-26-24-20(8-10-36-24)31-13-32-26/h1-13H,(H,29,33)(H,30,34). The van der Waals surface area contributed by atoms with Gasteiger partial charge in [0.1, 0.15) is 22.7 Å². The normalized spacial score (nSPS) is 11.2. The number of anilines is 2. The van der Waals surface area contributed by atoms with Crippen molar-refractivity contribution in [2.75, 3.05) is 5.32 Å². The summed E-state index contributed by atoms with van der Waals surface area (Å²) in [6, 6.07) is 13.8. The van der Waals surface area contributed by atoms with E-state index in [-0.39, 0.29) is 34.0 Å². The maximum Gasteiger partial charge on any atom is 0.240 e. The van der Waals surface area contributed by atoms with E-state index < -0.39 is 17.1 Å². The summed E-state index contributed by atoms with van der Waals surface area (Å²) in [6.45, 7) is 0. The van der Waals surface area contributed by atoms with E-state index >= 15 is 0 Å². The van der Waals surface area contributed by atoms with Crippen LogP contribution in [0.1, 0.15) is 0 Å². The number of aromatic nitrogens is 4. The highest BCUT2D eigenvalue weighted by Crippen LogP contribution is 2.33. The van der Waals surface area contributed by atoms with Gasteiger partial charge in [-0.3, -0.25) is 4.79 Å². The molecule has 0 amide bonds. The molecule has 0 saturated carbocycles. The average Bonchev–Trinajstić information content (AvgIpc) is 3.37. The van der Waals surface area contributed by atoms with Crippen LogP contribution in [0.5, 0.6) is 11.6 Å². The minimum Gasteiger partial charge on any atom is -0.434 e. The first-order valence-corrected chi connectivity index (χ1v) is 11.6. The van der Waals surface area contributed by atoms with Gasteiger partial charge in [0.05, 0.1) is 16.4 Å². The molecular formula is C26H15F2N5O2S. The number of thiophene rings is 1. The van der Waals surface area contributed by atoms with Gasteiger partial charge in [0.15, 0.2) is 11.6 Å². The van der Waals surface area contributed by atoms with Crippen molar-refractivity contribution in [3.8, 4) is 22.8 Å². The number of fused-ring (bicyclic) bond motifs is 2. The van der Waals surface area contributed by atoms with Crippen LogP contribution in [0.4, 0.5) is 20.3 Å². The predicted octanol–water partition coefficient (Wildman–Crippen LogP) is 6.41. The van der Waals surface area contributed by atoms with Gasteiger partial charge in [0.2, 0.25) is 11.3 Å². The molecule has 4 heterocycles. The number of nitrogens with zero attached hydrogens (tertiary/aromatic N) is 3. The molecule has 0 bridgehead atoms. The minimum absolute atomic E-state index is 0.0143. The summed E-state index contributed by atoms with van der Waals surface area (Å²) < 4.78 is 35.7. The zero-order valence-corrected chi connectivity index (χ0v) is 19.1. The molecule has 176 valence electrons. The van der Waals surface area contributed by atoms with Gasteiger partial charge in [-0.2, -0.15) is 0 Å². The molecule has 0 aliphatic rings.